The third-order valence-electron chi connectivity index (χ3n) is 5.51. The predicted octanol–water partition coefficient (Wildman–Crippen LogP) is 3.82. The molecule has 2 saturated heterocycles. The number of piperidine rings is 1. The fourth-order valence-electron chi connectivity index (χ4n) is 3.87. The Kier molecular flexibility index (Phi) is 5.53. The highest BCUT2D eigenvalue weighted by atomic mass is 35.5. The molecule has 6 heteroatoms. The quantitative estimate of drug-likeness (QED) is 0.790. The van der Waals surface area contributed by atoms with Crippen LogP contribution < -0.4 is 9.80 Å². The molecule has 28 heavy (non-hydrogen) atoms. The molecular formula is C22H24ClN3O2. The Bertz CT molecular complexity index is 843. The molecule has 0 radical (unpaired) electrons. The normalized spacial score (nSPS) is 17.8. The van der Waals surface area contributed by atoms with Gasteiger partial charge in [0.25, 0.3) is 5.91 Å². The number of anilines is 2. The summed E-state index contributed by atoms with van der Waals surface area (Å²) >= 11 is 5.96. The maximum atomic E-state index is 12.8. The molecule has 2 amide bonds. The maximum absolute atomic E-state index is 12.8. The van der Waals surface area contributed by atoms with E-state index >= 15 is 0 Å². The van der Waals surface area contributed by atoms with Gasteiger partial charge in [-0.1, -0.05) is 11.6 Å². The number of nitrogens with zero attached hydrogens (tertiary/aromatic N) is 3. The highest BCUT2D eigenvalue weighted by Crippen LogP contribution is 2.23. The van der Waals surface area contributed by atoms with Gasteiger partial charge >= 0.3 is 0 Å². The van der Waals surface area contributed by atoms with E-state index in [0.717, 1.165) is 48.9 Å². The summed E-state index contributed by atoms with van der Waals surface area (Å²) in [6, 6.07) is 15.3. The van der Waals surface area contributed by atoms with Crippen LogP contribution in [-0.2, 0) is 4.79 Å². The minimum absolute atomic E-state index is 0.0484. The van der Waals surface area contributed by atoms with Crippen molar-refractivity contribution in [3.63, 3.8) is 0 Å². The van der Waals surface area contributed by atoms with Crippen molar-refractivity contribution in [3.05, 3.63) is 59.1 Å². The minimum atomic E-state index is 0.0484. The number of rotatable bonds is 3. The van der Waals surface area contributed by atoms with Gasteiger partial charge in [-0.3, -0.25) is 9.59 Å². The molecule has 4 rings (SSSR count). The number of carbonyl (C=O) groups excluding carboxylic acids is 2. The first-order chi connectivity index (χ1) is 13.6. The van der Waals surface area contributed by atoms with Crippen molar-refractivity contribution in [1.82, 2.24) is 4.90 Å². The van der Waals surface area contributed by atoms with Gasteiger partial charge in [0, 0.05) is 61.1 Å². The average Bonchev–Trinajstić information content (AvgIpc) is 2.74. The summed E-state index contributed by atoms with van der Waals surface area (Å²) in [4.78, 5) is 30.9. The summed E-state index contributed by atoms with van der Waals surface area (Å²) in [6.45, 7) is 3.74. The summed E-state index contributed by atoms with van der Waals surface area (Å²) in [5, 5.41) is 0.729. The fourth-order valence-corrected chi connectivity index (χ4v) is 3.99. The molecule has 0 spiro atoms. The van der Waals surface area contributed by atoms with Crippen molar-refractivity contribution in [2.24, 2.45) is 0 Å². The molecule has 5 nitrogen and oxygen atoms in total. The SMILES string of the molecule is O=C(c1ccc(N2CCCCC2=O)cc1)N1CCN(c2ccc(Cl)cc2)CC1. The summed E-state index contributed by atoms with van der Waals surface area (Å²) < 4.78 is 0. The van der Waals surface area contributed by atoms with Gasteiger partial charge in [0.05, 0.1) is 0 Å². The number of halogens is 1. The zero-order valence-electron chi connectivity index (χ0n) is 15.8. The number of carbonyl (C=O) groups is 2. The zero-order valence-corrected chi connectivity index (χ0v) is 16.6. The van der Waals surface area contributed by atoms with Crippen LogP contribution in [0.2, 0.25) is 5.02 Å². The Morgan fingerprint density at radius 1 is 0.786 bits per heavy atom. The molecule has 2 aromatic rings. The molecule has 0 aliphatic carbocycles. The lowest BCUT2D eigenvalue weighted by Gasteiger charge is -2.36. The molecule has 2 heterocycles. The van der Waals surface area contributed by atoms with Gasteiger partial charge in [-0.25, -0.2) is 0 Å². The van der Waals surface area contributed by atoms with E-state index in [4.69, 9.17) is 11.6 Å². The van der Waals surface area contributed by atoms with Crippen LogP contribution in [0.5, 0.6) is 0 Å². The maximum Gasteiger partial charge on any atom is 0.253 e. The summed E-state index contributed by atoms with van der Waals surface area (Å²) in [7, 11) is 0. The van der Waals surface area contributed by atoms with E-state index in [1.165, 1.54) is 0 Å². The molecule has 146 valence electrons. The molecular weight excluding hydrogens is 374 g/mol. The topological polar surface area (TPSA) is 43.9 Å². The third-order valence-corrected chi connectivity index (χ3v) is 5.76. The van der Waals surface area contributed by atoms with Crippen LogP contribution in [0.25, 0.3) is 0 Å². The second-order valence-corrected chi connectivity index (χ2v) is 7.74. The van der Waals surface area contributed by atoms with E-state index in [1.807, 2.05) is 58.3 Å². The summed E-state index contributed by atoms with van der Waals surface area (Å²) in [6.07, 6.45) is 2.61. The monoisotopic (exact) mass is 397 g/mol. The van der Waals surface area contributed by atoms with Crippen LogP contribution in [0.1, 0.15) is 29.6 Å². The first-order valence-corrected chi connectivity index (χ1v) is 10.2. The molecule has 2 aliphatic rings. The molecule has 0 N–H and O–H groups in total. The Labute approximate surface area is 170 Å². The second-order valence-electron chi connectivity index (χ2n) is 7.31. The van der Waals surface area contributed by atoms with E-state index in [9.17, 15) is 9.59 Å². The second kappa shape index (κ2) is 8.23. The van der Waals surface area contributed by atoms with E-state index in [2.05, 4.69) is 4.90 Å². The van der Waals surface area contributed by atoms with Gasteiger partial charge in [-0.05, 0) is 61.4 Å². The van der Waals surface area contributed by atoms with Gasteiger partial charge in [0.1, 0.15) is 0 Å². The van der Waals surface area contributed by atoms with Crippen LogP contribution in [0.3, 0.4) is 0 Å². The van der Waals surface area contributed by atoms with Gasteiger partial charge in [-0.15, -0.1) is 0 Å². The predicted molar refractivity (Wildman–Crippen MR) is 112 cm³/mol. The van der Waals surface area contributed by atoms with Crippen LogP contribution in [0.4, 0.5) is 11.4 Å². The molecule has 0 bridgehead atoms. The van der Waals surface area contributed by atoms with E-state index in [-0.39, 0.29) is 11.8 Å². The fraction of sp³-hybridized carbons (Fsp3) is 0.364. The number of benzene rings is 2. The largest absolute Gasteiger partial charge is 0.368 e. The molecule has 0 saturated carbocycles. The van der Waals surface area contributed by atoms with Crippen LogP contribution in [0, 0.1) is 0 Å². The van der Waals surface area contributed by atoms with Crippen molar-refractivity contribution in [2.45, 2.75) is 19.3 Å². The van der Waals surface area contributed by atoms with Crippen LogP contribution in [-0.4, -0.2) is 49.4 Å². The Morgan fingerprint density at radius 3 is 2.07 bits per heavy atom. The first kappa shape index (κ1) is 18.8. The van der Waals surface area contributed by atoms with Crippen molar-refractivity contribution >= 4 is 34.8 Å². The van der Waals surface area contributed by atoms with E-state index < -0.39 is 0 Å². The number of piperazine rings is 1. The average molecular weight is 398 g/mol. The van der Waals surface area contributed by atoms with Crippen LogP contribution in [0.15, 0.2) is 48.5 Å². The molecule has 2 fully saturated rings. The zero-order chi connectivity index (χ0) is 19.5. The summed E-state index contributed by atoms with van der Waals surface area (Å²) in [5.74, 6) is 0.218. The lowest BCUT2D eigenvalue weighted by atomic mass is 10.1. The molecule has 0 unspecified atom stereocenters. The molecule has 2 aromatic carbocycles. The molecule has 0 atom stereocenters. The third kappa shape index (κ3) is 3.99. The highest BCUT2D eigenvalue weighted by molar-refractivity contribution is 6.30. The number of hydrogen-bond acceptors (Lipinski definition) is 3. The van der Waals surface area contributed by atoms with Gasteiger partial charge in [0.2, 0.25) is 5.91 Å². The Balaban J connectivity index is 1.37. The van der Waals surface area contributed by atoms with E-state index in [1.54, 1.807) is 0 Å². The Hall–Kier alpha value is -2.53. The molecule has 0 aromatic heterocycles. The lowest BCUT2D eigenvalue weighted by Crippen LogP contribution is -2.48. The Morgan fingerprint density at radius 2 is 1.43 bits per heavy atom. The van der Waals surface area contributed by atoms with Crippen molar-refractivity contribution in [2.75, 3.05) is 42.5 Å². The van der Waals surface area contributed by atoms with E-state index in [0.29, 0.717) is 25.1 Å². The van der Waals surface area contributed by atoms with Crippen molar-refractivity contribution in [1.29, 1.82) is 0 Å². The van der Waals surface area contributed by atoms with Gasteiger partial charge in [0.15, 0.2) is 0 Å². The van der Waals surface area contributed by atoms with Crippen LogP contribution >= 0.6 is 11.6 Å². The van der Waals surface area contributed by atoms with Gasteiger partial charge < -0.3 is 14.7 Å². The smallest absolute Gasteiger partial charge is 0.253 e. The number of hydrogen-bond donors (Lipinski definition) is 0. The van der Waals surface area contributed by atoms with Crippen molar-refractivity contribution in [3.8, 4) is 0 Å². The summed E-state index contributed by atoms with van der Waals surface area (Å²) in [5.41, 5.74) is 2.69. The lowest BCUT2D eigenvalue weighted by molar-refractivity contribution is -0.119. The van der Waals surface area contributed by atoms with Gasteiger partial charge in [-0.2, -0.15) is 0 Å². The van der Waals surface area contributed by atoms with Crippen molar-refractivity contribution < 1.29 is 9.59 Å². The standard InChI is InChI=1S/C22H24ClN3O2/c23-18-6-10-19(11-7-18)24-13-15-25(16-14-24)22(28)17-4-8-20(9-5-17)26-12-2-1-3-21(26)27/h4-11H,1-3,12-16H2. The molecule has 2 aliphatic heterocycles. The minimum Gasteiger partial charge on any atom is -0.368 e. The first-order valence-electron chi connectivity index (χ1n) is 9.82. The highest BCUT2D eigenvalue weighted by Gasteiger charge is 2.23. The number of amides is 2.